The summed E-state index contributed by atoms with van der Waals surface area (Å²) < 4.78 is 4.80. The van der Waals surface area contributed by atoms with Crippen molar-refractivity contribution in [2.45, 2.75) is 19.1 Å². The van der Waals surface area contributed by atoms with E-state index in [0.717, 1.165) is 19.4 Å². The molecule has 49 valence electrons. The molecule has 3 nitrogen and oxygen atoms in total. The highest BCUT2D eigenvalue weighted by atomic mass is 16.6. The van der Waals surface area contributed by atoms with Gasteiger partial charge in [0.1, 0.15) is 0 Å². The van der Waals surface area contributed by atoms with Gasteiger partial charge in [-0.15, -0.1) is 0 Å². The lowest BCUT2D eigenvalue weighted by molar-refractivity contribution is -0.104. The van der Waals surface area contributed by atoms with Crippen LogP contribution in [0.2, 0.25) is 0 Å². The van der Waals surface area contributed by atoms with Crippen LogP contribution in [0.15, 0.2) is 0 Å². The average Bonchev–Trinajstić information content (AvgIpc) is 1.86. The van der Waals surface area contributed by atoms with Crippen molar-refractivity contribution in [3.05, 3.63) is 6.42 Å². The summed E-state index contributed by atoms with van der Waals surface area (Å²) in [5.74, 6) is 0. The summed E-state index contributed by atoms with van der Waals surface area (Å²) in [5.41, 5.74) is 0. The monoisotopic (exact) mass is 126 g/mol. The summed E-state index contributed by atoms with van der Waals surface area (Å²) in [6.45, 7) is 0.851. The Morgan fingerprint density at radius 2 is 2.67 bits per heavy atom. The van der Waals surface area contributed by atoms with E-state index in [1.807, 2.05) is 0 Å². The molecule has 2 saturated heterocycles. The summed E-state index contributed by atoms with van der Waals surface area (Å²) in [7, 11) is 0. The van der Waals surface area contributed by atoms with Crippen molar-refractivity contribution in [2.24, 2.45) is 0 Å². The van der Waals surface area contributed by atoms with Crippen LogP contribution in [0.25, 0.3) is 0 Å². The van der Waals surface area contributed by atoms with Crippen molar-refractivity contribution < 1.29 is 9.53 Å². The number of fused-ring (bicyclic) bond motifs is 1. The number of hydrogen-bond donors (Lipinski definition) is 0. The van der Waals surface area contributed by atoms with E-state index >= 15 is 0 Å². The van der Waals surface area contributed by atoms with Gasteiger partial charge in [-0.1, -0.05) is 0 Å². The summed E-state index contributed by atoms with van der Waals surface area (Å²) >= 11 is 0. The maximum Gasteiger partial charge on any atom is 0.414 e. The van der Waals surface area contributed by atoms with Gasteiger partial charge in [0.25, 0.3) is 0 Å². The smallest absolute Gasteiger partial charge is 0.414 e. The molecular weight excluding hydrogens is 118 g/mol. The van der Waals surface area contributed by atoms with Crippen LogP contribution in [-0.4, -0.2) is 23.8 Å². The van der Waals surface area contributed by atoms with Crippen LogP contribution in [0.5, 0.6) is 0 Å². The summed E-state index contributed by atoms with van der Waals surface area (Å²) in [5, 5.41) is 0. The zero-order valence-electron chi connectivity index (χ0n) is 5.04. The Hall–Kier alpha value is -0.730. The number of carbonyl (C=O) groups excluding carboxylic acids is 1. The Bertz CT molecular complexity index is 146. The van der Waals surface area contributed by atoms with Crippen LogP contribution in [0.4, 0.5) is 4.79 Å². The second-order valence-corrected chi connectivity index (χ2v) is 2.34. The topological polar surface area (TPSA) is 29.5 Å². The van der Waals surface area contributed by atoms with E-state index in [1.165, 1.54) is 0 Å². The van der Waals surface area contributed by atoms with Crippen molar-refractivity contribution in [3.63, 3.8) is 0 Å². The molecule has 2 rings (SSSR count). The van der Waals surface area contributed by atoms with E-state index < -0.39 is 0 Å². The standard InChI is InChI=1S/C6H8NO2/c8-6-7-4-2-1-3-5(7)9-6/h1,5H,2-4H2. The Morgan fingerprint density at radius 1 is 1.78 bits per heavy atom. The van der Waals surface area contributed by atoms with Crippen molar-refractivity contribution in [1.82, 2.24) is 4.90 Å². The molecule has 3 heteroatoms. The SMILES string of the molecule is O=C1OC2C[CH]CCN12. The van der Waals surface area contributed by atoms with Crippen LogP contribution >= 0.6 is 0 Å². The van der Waals surface area contributed by atoms with Gasteiger partial charge in [0.2, 0.25) is 0 Å². The van der Waals surface area contributed by atoms with Crippen molar-refractivity contribution in [3.8, 4) is 0 Å². The Balaban J connectivity index is 2.01. The molecule has 2 heterocycles. The molecule has 0 saturated carbocycles. The number of carbonyl (C=O) groups is 1. The first-order valence-corrected chi connectivity index (χ1v) is 3.17. The fourth-order valence-electron chi connectivity index (χ4n) is 1.22. The van der Waals surface area contributed by atoms with Gasteiger partial charge in [-0.05, 0) is 12.8 Å². The van der Waals surface area contributed by atoms with Gasteiger partial charge in [0.15, 0.2) is 6.23 Å². The lowest BCUT2D eigenvalue weighted by atomic mass is 10.1. The highest BCUT2D eigenvalue weighted by Crippen LogP contribution is 2.25. The van der Waals surface area contributed by atoms with Gasteiger partial charge >= 0.3 is 6.09 Å². The van der Waals surface area contributed by atoms with Crippen molar-refractivity contribution in [1.29, 1.82) is 0 Å². The molecule has 2 aliphatic rings. The minimum absolute atomic E-state index is 0.0891. The molecule has 2 fully saturated rings. The predicted molar refractivity (Wildman–Crippen MR) is 30.5 cm³/mol. The van der Waals surface area contributed by atoms with Gasteiger partial charge in [0, 0.05) is 13.0 Å². The molecule has 2 aliphatic heterocycles. The van der Waals surface area contributed by atoms with Gasteiger partial charge in [0.05, 0.1) is 0 Å². The fourth-order valence-corrected chi connectivity index (χ4v) is 1.22. The molecule has 0 N–H and O–H groups in total. The first-order chi connectivity index (χ1) is 4.38. The molecule has 0 aliphatic carbocycles. The second-order valence-electron chi connectivity index (χ2n) is 2.34. The summed E-state index contributed by atoms with van der Waals surface area (Å²) in [6, 6.07) is 0. The third-order valence-electron chi connectivity index (χ3n) is 1.76. The molecule has 1 atom stereocenters. The second kappa shape index (κ2) is 1.62. The number of nitrogens with zero attached hydrogens (tertiary/aromatic N) is 1. The minimum Gasteiger partial charge on any atom is -0.425 e. The molecule has 0 aromatic rings. The van der Waals surface area contributed by atoms with E-state index in [9.17, 15) is 4.79 Å². The number of piperidine rings is 1. The van der Waals surface area contributed by atoms with Crippen LogP contribution < -0.4 is 0 Å². The summed E-state index contributed by atoms with van der Waals surface area (Å²) in [4.78, 5) is 12.3. The maximum atomic E-state index is 10.6. The molecule has 1 unspecified atom stereocenters. The largest absolute Gasteiger partial charge is 0.425 e. The van der Waals surface area contributed by atoms with Crippen molar-refractivity contribution >= 4 is 6.09 Å². The van der Waals surface area contributed by atoms with Gasteiger partial charge < -0.3 is 4.74 Å². The highest BCUT2D eigenvalue weighted by Gasteiger charge is 2.39. The summed E-state index contributed by atoms with van der Waals surface area (Å²) in [6.07, 6.45) is 4.03. The predicted octanol–water partition coefficient (Wildman–Crippen LogP) is 0.763. The van der Waals surface area contributed by atoms with Crippen LogP contribution in [-0.2, 0) is 4.74 Å². The first kappa shape index (κ1) is 5.09. The molecule has 0 aromatic carbocycles. The number of amides is 1. The molecular formula is C6H8NO2. The Morgan fingerprint density at radius 3 is 3.22 bits per heavy atom. The van der Waals surface area contributed by atoms with E-state index in [0.29, 0.717) is 0 Å². The zero-order chi connectivity index (χ0) is 6.27. The van der Waals surface area contributed by atoms with E-state index in [4.69, 9.17) is 4.74 Å². The van der Waals surface area contributed by atoms with E-state index in [1.54, 1.807) is 4.90 Å². The number of hydrogen-bond acceptors (Lipinski definition) is 2. The fraction of sp³-hybridized carbons (Fsp3) is 0.667. The Labute approximate surface area is 53.6 Å². The normalized spacial score (nSPS) is 32.7. The van der Waals surface area contributed by atoms with Crippen LogP contribution in [0.1, 0.15) is 12.8 Å². The van der Waals surface area contributed by atoms with Crippen molar-refractivity contribution in [2.75, 3.05) is 6.54 Å². The third-order valence-corrected chi connectivity index (χ3v) is 1.76. The van der Waals surface area contributed by atoms with Crippen LogP contribution in [0, 0.1) is 6.42 Å². The van der Waals surface area contributed by atoms with Gasteiger partial charge in [-0.25, -0.2) is 4.79 Å². The zero-order valence-corrected chi connectivity index (χ0v) is 5.04. The molecule has 0 aromatic heterocycles. The average molecular weight is 126 g/mol. The molecule has 9 heavy (non-hydrogen) atoms. The molecule has 0 bridgehead atoms. The molecule has 1 radical (unpaired) electrons. The number of rotatable bonds is 0. The van der Waals surface area contributed by atoms with Gasteiger partial charge in [-0.2, -0.15) is 0 Å². The van der Waals surface area contributed by atoms with Gasteiger partial charge in [-0.3, -0.25) is 4.90 Å². The molecule has 0 spiro atoms. The van der Waals surface area contributed by atoms with E-state index in [2.05, 4.69) is 6.42 Å². The van der Waals surface area contributed by atoms with Crippen LogP contribution in [0.3, 0.4) is 0 Å². The highest BCUT2D eigenvalue weighted by molar-refractivity contribution is 5.73. The lowest BCUT2D eigenvalue weighted by Gasteiger charge is -2.42. The maximum absolute atomic E-state index is 10.6. The quantitative estimate of drug-likeness (QED) is 0.479. The lowest BCUT2D eigenvalue weighted by Crippen LogP contribution is -2.56. The first-order valence-electron chi connectivity index (χ1n) is 3.17. The number of ether oxygens (including phenoxy) is 1. The third kappa shape index (κ3) is 0.605. The molecule has 1 amide bonds. The Kier molecular flexibility index (Phi) is 0.917. The minimum atomic E-state index is -0.145. The van der Waals surface area contributed by atoms with E-state index in [-0.39, 0.29) is 12.3 Å².